The highest BCUT2D eigenvalue weighted by Gasteiger charge is 2.48. The molecule has 3 aliphatic carbocycles. The maximum atomic E-state index is 11.6. The van der Waals surface area contributed by atoms with Crippen molar-refractivity contribution in [2.24, 2.45) is 5.41 Å². The zero-order chi connectivity index (χ0) is 24.8. The number of hydrogen-bond acceptors (Lipinski definition) is 8. The van der Waals surface area contributed by atoms with Gasteiger partial charge in [0.15, 0.2) is 18.2 Å². The lowest BCUT2D eigenvalue weighted by Crippen LogP contribution is -2.54. The Labute approximate surface area is 222 Å². The smallest absolute Gasteiger partial charge is 0.263 e. The number of anilines is 2. The molecule has 4 aliphatic rings. The molecule has 0 unspecified atom stereocenters. The number of fused-ring (bicyclic) bond motifs is 5. The van der Waals surface area contributed by atoms with Crippen LogP contribution in [0.3, 0.4) is 0 Å². The number of nitrogens with two attached hydrogens (primary N) is 1. The van der Waals surface area contributed by atoms with Gasteiger partial charge in [0, 0.05) is 23.7 Å². The van der Waals surface area contributed by atoms with E-state index in [0.29, 0.717) is 35.1 Å². The Morgan fingerprint density at radius 2 is 1.89 bits per heavy atom. The maximum Gasteiger partial charge on any atom is 0.263 e. The zero-order valence-corrected chi connectivity index (χ0v) is 21.8. The second-order valence-corrected chi connectivity index (χ2v) is 10.5. The Morgan fingerprint density at radius 1 is 1.11 bits per heavy atom. The van der Waals surface area contributed by atoms with Crippen LogP contribution in [0.15, 0.2) is 30.5 Å². The molecule has 0 aromatic carbocycles. The lowest BCUT2D eigenvalue weighted by Gasteiger charge is -2.54. The van der Waals surface area contributed by atoms with E-state index in [9.17, 15) is 4.79 Å². The molecule has 4 N–H and O–H groups in total. The Bertz CT molecular complexity index is 1310. The summed E-state index contributed by atoms with van der Waals surface area (Å²) in [5, 5.41) is 6.62. The van der Waals surface area contributed by atoms with Crippen molar-refractivity contribution in [3.63, 3.8) is 0 Å². The molecule has 9 nitrogen and oxygen atoms in total. The van der Waals surface area contributed by atoms with Crippen molar-refractivity contribution in [2.45, 2.75) is 63.5 Å². The van der Waals surface area contributed by atoms with Crippen molar-refractivity contribution < 1.29 is 14.3 Å². The highest BCUT2D eigenvalue weighted by molar-refractivity contribution is 5.94. The normalized spacial score (nSPS) is 24.1. The molecule has 37 heavy (non-hydrogen) atoms. The van der Waals surface area contributed by atoms with Crippen LogP contribution in [0.25, 0.3) is 11.0 Å². The van der Waals surface area contributed by atoms with Crippen LogP contribution in [-0.2, 0) is 17.8 Å². The van der Waals surface area contributed by atoms with E-state index in [1.165, 1.54) is 19.3 Å². The molecule has 0 radical (unpaired) electrons. The summed E-state index contributed by atoms with van der Waals surface area (Å²) < 4.78 is 10.8. The molecule has 0 saturated heterocycles. The number of hydrogen-bond donors (Lipinski definition) is 3. The SMILES string of the molecule is COc1ccc2ncc(N)c(CCC34CCC(NCc5ccc6c(n5)NC(=O)CO6)(CC3)CC4)c2n1.Cl. The standard InChI is InChI=1S/C27H32N6O3.ClH/c1-35-23-5-3-20-24(33-23)18(19(28)15-29-20)6-7-26-8-11-27(12-9-26,13-10-26)30-14-17-2-4-21-25(31-17)32-22(34)16-36-21;/h2-5,15,30H,6-14,16,28H2,1H3,(H,31,32,34);1H. The number of carbonyl (C=O) groups is 1. The largest absolute Gasteiger partial charge is 0.481 e. The summed E-state index contributed by atoms with van der Waals surface area (Å²) in [4.78, 5) is 25.3. The number of pyridine rings is 3. The molecule has 4 heterocycles. The number of carbonyl (C=O) groups excluding carboxylic acids is 1. The fourth-order valence-electron chi connectivity index (χ4n) is 6.16. The van der Waals surface area contributed by atoms with Crippen molar-refractivity contribution >= 4 is 40.9 Å². The second-order valence-electron chi connectivity index (χ2n) is 10.5. The molecule has 3 saturated carbocycles. The lowest BCUT2D eigenvalue weighted by atomic mass is 9.55. The molecule has 3 aromatic heterocycles. The molecule has 10 heteroatoms. The van der Waals surface area contributed by atoms with Gasteiger partial charge < -0.3 is 25.8 Å². The Morgan fingerprint density at radius 3 is 2.65 bits per heavy atom. The van der Waals surface area contributed by atoms with Crippen LogP contribution in [0.2, 0.25) is 0 Å². The van der Waals surface area contributed by atoms with Gasteiger partial charge in [0.25, 0.3) is 5.91 Å². The monoisotopic (exact) mass is 524 g/mol. The van der Waals surface area contributed by atoms with Crippen molar-refractivity contribution in [1.82, 2.24) is 20.3 Å². The minimum Gasteiger partial charge on any atom is -0.481 e. The third kappa shape index (κ3) is 4.90. The summed E-state index contributed by atoms with van der Waals surface area (Å²) in [5.41, 5.74) is 11.3. The van der Waals surface area contributed by atoms with Crippen LogP contribution in [0.4, 0.5) is 11.5 Å². The predicted molar refractivity (Wildman–Crippen MR) is 144 cm³/mol. The van der Waals surface area contributed by atoms with Gasteiger partial charge in [-0.15, -0.1) is 12.4 Å². The second kappa shape index (κ2) is 9.95. The van der Waals surface area contributed by atoms with Gasteiger partial charge in [-0.1, -0.05) is 0 Å². The maximum absolute atomic E-state index is 11.6. The molecule has 0 atom stereocenters. The Balaban J connectivity index is 0.00000280. The molecule has 3 fully saturated rings. The van der Waals surface area contributed by atoms with E-state index in [0.717, 1.165) is 54.4 Å². The van der Waals surface area contributed by atoms with E-state index >= 15 is 0 Å². The van der Waals surface area contributed by atoms with Gasteiger partial charge in [-0.25, -0.2) is 9.97 Å². The number of halogens is 1. The fourth-order valence-corrected chi connectivity index (χ4v) is 6.16. The summed E-state index contributed by atoms with van der Waals surface area (Å²) in [6.45, 7) is 0.731. The molecular formula is C27H33ClN6O3. The van der Waals surface area contributed by atoms with Gasteiger partial charge in [0.05, 0.1) is 35.7 Å². The van der Waals surface area contributed by atoms with E-state index in [1.54, 1.807) is 13.3 Å². The topological polar surface area (TPSA) is 124 Å². The van der Waals surface area contributed by atoms with Gasteiger partial charge in [0.1, 0.15) is 0 Å². The van der Waals surface area contributed by atoms with Gasteiger partial charge in [-0.3, -0.25) is 9.78 Å². The number of methoxy groups -OCH3 is 1. The highest BCUT2D eigenvalue weighted by Crippen LogP contribution is 2.54. The van der Waals surface area contributed by atoms with Crippen molar-refractivity contribution in [2.75, 3.05) is 24.8 Å². The first-order valence-corrected chi connectivity index (χ1v) is 12.7. The third-order valence-corrected chi connectivity index (χ3v) is 8.52. The molecule has 2 bridgehead atoms. The minimum absolute atomic E-state index is 0. The minimum atomic E-state index is -0.161. The average molecular weight is 525 g/mol. The Hall–Kier alpha value is -3.17. The summed E-state index contributed by atoms with van der Waals surface area (Å²) in [6, 6.07) is 7.65. The van der Waals surface area contributed by atoms with E-state index in [4.69, 9.17) is 15.2 Å². The van der Waals surface area contributed by atoms with Gasteiger partial charge in [-0.2, -0.15) is 0 Å². The van der Waals surface area contributed by atoms with Crippen molar-refractivity contribution in [3.05, 3.63) is 41.7 Å². The number of rotatable bonds is 7. The summed E-state index contributed by atoms with van der Waals surface area (Å²) in [7, 11) is 1.63. The van der Waals surface area contributed by atoms with E-state index < -0.39 is 0 Å². The molecule has 1 aliphatic heterocycles. The molecule has 196 valence electrons. The first-order valence-electron chi connectivity index (χ1n) is 12.7. The van der Waals surface area contributed by atoms with Crippen LogP contribution < -0.4 is 25.8 Å². The number of ether oxygens (including phenoxy) is 2. The van der Waals surface area contributed by atoms with Gasteiger partial charge >= 0.3 is 0 Å². The van der Waals surface area contributed by atoms with E-state index in [2.05, 4.69) is 25.6 Å². The quantitative estimate of drug-likeness (QED) is 0.420. The van der Waals surface area contributed by atoms with E-state index in [-0.39, 0.29) is 30.5 Å². The average Bonchev–Trinajstić information content (AvgIpc) is 2.92. The number of amides is 1. The number of aromatic nitrogens is 3. The molecular weight excluding hydrogens is 492 g/mol. The van der Waals surface area contributed by atoms with Gasteiger partial charge in [-0.05, 0) is 75.0 Å². The van der Waals surface area contributed by atoms with Crippen LogP contribution in [0.1, 0.15) is 56.2 Å². The highest BCUT2D eigenvalue weighted by atomic mass is 35.5. The van der Waals surface area contributed by atoms with Crippen molar-refractivity contribution in [1.29, 1.82) is 0 Å². The fraction of sp³-hybridized carbons (Fsp3) is 0.481. The first-order chi connectivity index (χ1) is 17.5. The van der Waals surface area contributed by atoms with Crippen LogP contribution in [-0.4, -0.2) is 40.1 Å². The first kappa shape index (κ1) is 25.5. The van der Waals surface area contributed by atoms with Gasteiger partial charge in [0.2, 0.25) is 5.88 Å². The van der Waals surface area contributed by atoms with E-state index in [1.807, 2.05) is 24.3 Å². The third-order valence-electron chi connectivity index (χ3n) is 8.52. The van der Waals surface area contributed by atoms with Crippen LogP contribution >= 0.6 is 12.4 Å². The molecule has 0 spiro atoms. The Kier molecular flexibility index (Phi) is 6.85. The number of nitrogens with zero attached hydrogens (tertiary/aromatic N) is 3. The molecule has 3 aromatic rings. The number of nitrogen functional groups attached to an aromatic ring is 1. The summed E-state index contributed by atoms with van der Waals surface area (Å²) in [6.07, 6.45) is 10.9. The lowest BCUT2D eigenvalue weighted by molar-refractivity contribution is -0.118. The molecule has 7 rings (SSSR count). The van der Waals surface area contributed by atoms with Crippen molar-refractivity contribution in [3.8, 4) is 11.6 Å². The van der Waals surface area contributed by atoms with Crippen LogP contribution in [0, 0.1) is 5.41 Å². The number of aryl methyl sites for hydroxylation is 1. The molecule has 1 amide bonds. The summed E-state index contributed by atoms with van der Waals surface area (Å²) in [5.74, 6) is 1.58. The summed E-state index contributed by atoms with van der Waals surface area (Å²) >= 11 is 0. The zero-order valence-electron chi connectivity index (χ0n) is 21.0. The predicted octanol–water partition coefficient (Wildman–Crippen LogP) is 4.18. The van der Waals surface area contributed by atoms with Crippen LogP contribution in [0.5, 0.6) is 11.6 Å². The number of nitrogens with one attached hydrogen (secondary N) is 2.